The molecule has 0 fully saturated rings. The number of carbonyl (C=O) groups excluding carboxylic acids is 1. The topological polar surface area (TPSA) is 97.8 Å². The summed E-state index contributed by atoms with van der Waals surface area (Å²) >= 11 is 5.87. The minimum atomic E-state index is -4.81. The largest absolute Gasteiger partial charge is 0.573 e. The number of halogens is 5. The molecule has 5 rings (SSSR count). The average molecular weight is 625 g/mol. The van der Waals surface area contributed by atoms with E-state index in [1.165, 1.54) is 36.5 Å². The fraction of sp³-hybridized carbons (Fsp3) is 0.0938. The predicted octanol–water partition coefficient (Wildman–Crippen LogP) is 7.81. The first-order valence-corrected chi connectivity index (χ1v) is 13.3. The zero-order chi connectivity index (χ0) is 31.4. The molecule has 2 N–H and O–H groups in total. The second-order valence-electron chi connectivity index (χ2n) is 9.59. The Morgan fingerprint density at radius 3 is 2.16 bits per heavy atom. The number of ether oxygens (including phenoxy) is 2. The number of benzene rings is 4. The number of nitrogens with zero attached hydrogens (tertiary/aromatic N) is 1. The van der Waals surface area contributed by atoms with Crippen LogP contribution in [0.1, 0.15) is 16.1 Å². The lowest BCUT2D eigenvalue weighted by molar-refractivity contribution is -0.274. The molecule has 44 heavy (non-hydrogen) atoms. The Bertz CT molecular complexity index is 1830. The number of amides is 1. The number of pyridine rings is 1. The second kappa shape index (κ2) is 12.6. The molecule has 0 saturated heterocycles. The van der Waals surface area contributed by atoms with E-state index in [1.54, 1.807) is 48.5 Å². The standard InChI is InChI=1S/C32H21ClF4N2O5/c33-26-15-20(6-12-27(26)34)19-3-1-18(2-4-19)13-29(31(41)42)39-30(40)28-16-22-14-25(7-5-21(22)17-38-28)43-23-8-10-24(11-9-23)44-32(35,36)37/h1-12,14-17,29H,13H2,(H,39,40)(H,41,42)/t29-/m0/s1. The summed E-state index contributed by atoms with van der Waals surface area (Å²) in [5.41, 5.74) is 2.05. The average Bonchev–Trinajstić information content (AvgIpc) is 2.98. The van der Waals surface area contributed by atoms with Crippen molar-refractivity contribution in [2.24, 2.45) is 0 Å². The Balaban J connectivity index is 1.26. The Labute approximate surface area is 252 Å². The number of carboxylic acid groups (broad SMARTS) is 1. The highest BCUT2D eigenvalue weighted by molar-refractivity contribution is 6.31. The minimum absolute atomic E-state index is 0.0100. The lowest BCUT2D eigenvalue weighted by atomic mass is 10.0. The molecule has 0 aliphatic rings. The van der Waals surface area contributed by atoms with Crippen LogP contribution in [0.25, 0.3) is 21.9 Å². The van der Waals surface area contributed by atoms with Gasteiger partial charge in [-0.15, -0.1) is 13.2 Å². The number of carbonyl (C=O) groups is 2. The fourth-order valence-electron chi connectivity index (χ4n) is 4.33. The van der Waals surface area contributed by atoms with Gasteiger partial charge in [-0.05, 0) is 82.7 Å². The minimum Gasteiger partial charge on any atom is -0.480 e. The Hall–Kier alpha value is -5.16. The van der Waals surface area contributed by atoms with Gasteiger partial charge in [0.15, 0.2) is 0 Å². The zero-order valence-corrected chi connectivity index (χ0v) is 23.2. The van der Waals surface area contributed by atoms with Gasteiger partial charge in [0.05, 0.1) is 5.02 Å². The van der Waals surface area contributed by atoms with Crippen molar-refractivity contribution < 1.29 is 41.7 Å². The van der Waals surface area contributed by atoms with Crippen LogP contribution in [0.4, 0.5) is 17.6 Å². The van der Waals surface area contributed by atoms with E-state index in [0.29, 0.717) is 27.6 Å². The van der Waals surface area contributed by atoms with Crippen LogP contribution in [0, 0.1) is 5.82 Å². The quantitative estimate of drug-likeness (QED) is 0.162. The van der Waals surface area contributed by atoms with Gasteiger partial charge < -0.3 is 19.9 Å². The molecule has 0 bridgehead atoms. The van der Waals surface area contributed by atoms with Crippen molar-refractivity contribution in [2.75, 3.05) is 0 Å². The number of aliphatic carboxylic acids is 1. The Morgan fingerprint density at radius 2 is 1.50 bits per heavy atom. The first-order chi connectivity index (χ1) is 20.9. The van der Waals surface area contributed by atoms with Crippen molar-refractivity contribution in [3.63, 3.8) is 0 Å². The van der Waals surface area contributed by atoms with Crippen LogP contribution in [0.2, 0.25) is 5.02 Å². The molecule has 0 saturated carbocycles. The highest BCUT2D eigenvalue weighted by Gasteiger charge is 2.31. The molecule has 4 aromatic carbocycles. The number of carboxylic acids is 1. The molecule has 0 spiro atoms. The van der Waals surface area contributed by atoms with Crippen molar-refractivity contribution in [1.29, 1.82) is 0 Å². The molecule has 5 aromatic rings. The molecular weight excluding hydrogens is 604 g/mol. The lowest BCUT2D eigenvalue weighted by Gasteiger charge is -2.15. The number of nitrogens with one attached hydrogen (secondary N) is 1. The van der Waals surface area contributed by atoms with Crippen molar-refractivity contribution in [2.45, 2.75) is 18.8 Å². The van der Waals surface area contributed by atoms with Crippen LogP contribution < -0.4 is 14.8 Å². The molecule has 1 heterocycles. The SMILES string of the molecule is O=C(N[C@@H](Cc1ccc(-c2ccc(F)c(Cl)c2)cc1)C(=O)O)c1cc2cc(Oc3ccc(OC(F)(F)F)cc3)ccc2cn1. The van der Waals surface area contributed by atoms with Gasteiger partial charge in [0.2, 0.25) is 0 Å². The van der Waals surface area contributed by atoms with Gasteiger partial charge in [-0.2, -0.15) is 0 Å². The highest BCUT2D eigenvalue weighted by Crippen LogP contribution is 2.29. The zero-order valence-electron chi connectivity index (χ0n) is 22.4. The maximum atomic E-state index is 13.5. The summed E-state index contributed by atoms with van der Waals surface area (Å²) in [5, 5.41) is 13.5. The van der Waals surface area contributed by atoms with Crippen LogP contribution in [0.3, 0.4) is 0 Å². The van der Waals surface area contributed by atoms with Gasteiger partial charge in [0.25, 0.3) is 5.91 Å². The third-order valence-corrected chi connectivity index (χ3v) is 6.76. The molecule has 1 aromatic heterocycles. The van der Waals surface area contributed by atoms with E-state index in [9.17, 15) is 32.3 Å². The van der Waals surface area contributed by atoms with E-state index in [2.05, 4.69) is 15.0 Å². The van der Waals surface area contributed by atoms with E-state index in [1.807, 2.05) is 0 Å². The Kier molecular flexibility index (Phi) is 8.68. The van der Waals surface area contributed by atoms with Crippen molar-refractivity contribution >= 4 is 34.2 Å². The van der Waals surface area contributed by atoms with Gasteiger partial charge in [0.1, 0.15) is 34.8 Å². The molecule has 0 radical (unpaired) electrons. The lowest BCUT2D eigenvalue weighted by Crippen LogP contribution is -2.42. The first-order valence-electron chi connectivity index (χ1n) is 12.9. The van der Waals surface area contributed by atoms with Crippen molar-refractivity contribution in [3.05, 3.63) is 119 Å². The van der Waals surface area contributed by atoms with E-state index in [0.717, 1.165) is 17.7 Å². The number of rotatable bonds is 9. The summed E-state index contributed by atoms with van der Waals surface area (Å²) in [7, 11) is 0. The van der Waals surface area contributed by atoms with E-state index < -0.39 is 35.8 Å². The third-order valence-electron chi connectivity index (χ3n) is 6.47. The van der Waals surface area contributed by atoms with Crippen molar-refractivity contribution in [3.8, 4) is 28.4 Å². The van der Waals surface area contributed by atoms with Gasteiger partial charge >= 0.3 is 12.3 Å². The summed E-state index contributed by atoms with van der Waals surface area (Å²) in [6.45, 7) is 0. The number of hydrogen-bond donors (Lipinski definition) is 2. The molecule has 1 amide bonds. The second-order valence-corrected chi connectivity index (χ2v) is 10.0. The molecule has 224 valence electrons. The van der Waals surface area contributed by atoms with Gasteiger partial charge in [-0.25, -0.2) is 9.18 Å². The van der Waals surface area contributed by atoms with E-state index >= 15 is 0 Å². The van der Waals surface area contributed by atoms with Crippen LogP contribution in [0.15, 0.2) is 97.2 Å². The van der Waals surface area contributed by atoms with Gasteiger partial charge in [-0.1, -0.05) is 41.9 Å². The van der Waals surface area contributed by atoms with Crippen LogP contribution >= 0.6 is 11.6 Å². The Morgan fingerprint density at radius 1 is 0.841 bits per heavy atom. The number of fused-ring (bicyclic) bond motifs is 1. The predicted molar refractivity (Wildman–Crippen MR) is 154 cm³/mol. The number of aromatic nitrogens is 1. The summed E-state index contributed by atoms with van der Waals surface area (Å²) in [6.07, 6.45) is -3.37. The van der Waals surface area contributed by atoms with E-state index in [4.69, 9.17) is 16.3 Å². The summed E-state index contributed by atoms with van der Waals surface area (Å²) in [6, 6.07) is 21.2. The fourth-order valence-corrected chi connectivity index (χ4v) is 4.51. The normalized spacial score (nSPS) is 12.0. The maximum Gasteiger partial charge on any atom is 0.573 e. The van der Waals surface area contributed by atoms with Crippen LogP contribution in [-0.4, -0.2) is 34.4 Å². The molecule has 1 atom stereocenters. The van der Waals surface area contributed by atoms with E-state index in [-0.39, 0.29) is 22.9 Å². The monoisotopic (exact) mass is 624 g/mol. The highest BCUT2D eigenvalue weighted by atomic mass is 35.5. The molecule has 0 aliphatic carbocycles. The maximum absolute atomic E-state index is 13.5. The molecule has 0 unspecified atom stereocenters. The van der Waals surface area contributed by atoms with Crippen LogP contribution in [-0.2, 0) is 11.2 Å². The number of alkyl halides is 3. The molecule has 12 heteroatoms. The van der Waals surface area contributed by atoms with Crippen LogP contribution in [0.5, 0.6) is 17.2 Å². The molecular formula is C32H21ClF4N2O5. The summed E-state index contributed by atoms with van der Waals surface area (Å²) in [5.74, 6) is -2.27. The van der Waals surface area contributed by atoms with Crippen molar-refractivity contribution in [1.82, 2.24) is 10.3 Å². The molecule has 7 nitrogen and oxygen atoms in total. The van der Waals surface area contributed by atoms with Gasteiger partial charge in [-0.3, -0.25) is 9.78 Å². The first kappa shape index (κ1) is 30.3. The third kappa shape index (κ3) is 7.61. The summed E-state index contributed by atoms with van der Waals surface area (Å²) in [4.78, 5) is 29.1. The molecule has 0 aliphatic heterocycles. The number of hydrogen-bond acceptors (Lipinski definition) is 5. The smallest absolute Gasteiger partial charge is 0.480 e. The summed E-state index contributed by atoms with van der Waals surface area (Å²) < 4.78 is 60.2. The van der Waals surface area contributed by atoms with Gasteiger partial charge in [0, 0.05) is 18.0 Å².